The molecule has 1 aliphatic heterocycles. The van der Waals surface area contributed by atoms with Crippen molar-refractivity contribution in [2.45, 2.75) is 17.4 Å². The van der Waals surface area contributed by atoms with E-state index < -0.39 is 21.7 Å². The molecular formula is C11H13FN2O4S. The lowest BCUT2D eigenvalue weighted by Gasteiger charge is -2.11. The zero-order chi connectivity index (χ0) is 14.0. The number of amides is 1. The molecule has 0 aliphatic carbocycles. The van der Waals surface area contributed by atoms with Crippen molar-refractivity contribution in [1.82, 2.24) is 5.32 Å². The minimum absolute atomic E-state index is 0.148. The van der Waals surface area contributed by atoms with Crippen LogP contribution in [0.2, 0.25) is 0 Å². The molecule has 1 unspecified atom stereocenters. The molecule has 3 N–H and O–H groups in total. The molecule has 1 amide bonds. The van der Waals surface area contributed by atoms with E-state index in [-0.39, 0.29) is 16.5 Å². The van der Waals surface area contributed by atoms with Crippen LogP contribution in [0, 0.1) is 5.82 Å². The Morgan fingerprint density at radius 3 is 2.74 bits per heavy atom. The van der Waals surface area contributed by atoms with Crippen LogP contribution in [0.15, 0.2) is 23.1 Å². The van der Waals surface area contributed by atoms with Crippen LogP contribution in [0.4, 0.5) is 4.39 Å². The number of nitrogens with one attached hydrogen (secondary N) is 1. The molecule has 104 valence electrons. The molecule has 0 aromatic heterocycles. The van der Waals surface area contributed by atoms with Gasteiger partial charge in [0.2, 0.25) is 10.0 Å². The van der Waals surface area contributed by atoms with E-state index in [1.807, 2.05) is 0 Å². The summed E-state index contributed by atoms with van der Waals surface area (Å²) in [4.78, 5) is 11.4. The van der Waals surface area contributed by atoms with Gasteiger partial charge in [0.25, 0.3) is 5.91 Å². The van der Waals surface area contributed by atoms with Crippen molar-refractivity contribution in [2.75, 3.05) is 13.2 Å². The standard InChI is InChI=1S/C11H13FN2O4S/c12-10-5-8(19(13,16)17)1-2-9(10)11(15)14-7-3-4-18-6-7/h1-2,5,7H,3-4,6H2,(H,14,15)(H2,13,16,17). The maximum Gasteiger partial charge on any atom is 0.254 e. The van der Waals surface area contributed by atoms with Gasteiger partial charge < -0.3 is 10.1 Å². The molecule has 1 fully saturated rings. The highest BCUT2D eigenvalue weighted by molar-refractivity contribution is 7.89. The average Bonchev–Trinajstić information content (AvgIpc) is 2.80. The fourth-order valence-electron chi connectivity index (χ4n) is 1.77. The van der Waals surface area contributed by atoms with Crippen LogP contribution in [0.25, 0.3) is 0 Å². The predicted molar refractivity (Wildman–Crippen MR) is 64.5 cm³/mol. The first-order valence-corrected chi connectivity index (χ1v) is 7.13. The van der Waals surface area contributed by atoms with Gasteiger partial charge in [-0.1, -0.05) is 0 Å². The summed E-state index contributed by atoms with van der Waals surface area (Å²) in [5, 5.41) is 7.48. The highest BCUT2D eigenvalue weighted by Crippen LogP contribution is 2.14. The van der Waals surface area contributed by atoms with Gasteiger partial charge in [-0.2, -0.15) is 0 Å². The third-order valence-corrected chi connectivity index (χ3v) is 3.69. The van der Waals surface area contributed by atoms with Crippen LogP contribution in [0.3, 0.4) is 0 Å². The lowest BCUT2D eigenvalue weighted by molar-refractivity contribution is 0.0925. The Bertz CT molecular complexity index is 597. The van der Waals surface area contributed by atoms with Gasteiger partial charge in [-0.25, -0.2) is 17.9 Å². The summed E-state index contributed by atoms with van der Waals surface area (Å²) < 4.78 is 40.9. The molecule has 0 spiro atoms. The average molecular weight is 288 g/mol. The fourth-order valence-corrected chi connectivity index (χ4v) is 2.29. The summed E-state index contributed by atoms with van der Waals surface area (Å²) in [6.07, 6.45) is 0.669. The lowest BCUT2D eigenvalue weighted by Crippen LogP contribution is -2.35. The second-order valence-corrected chi connectivity index (χ2v) is 5.78. The van der Waals surface area contributed by atoms with E-state index in [4.69, 9.17) is 9.88 Å². The van der Waals surface area contributed by atoms with E-state index in [1.54, 1.807) is 0 Å². The van der Waals surface area contributed by atoms with Crippen LogP contribution >= 0.6 is 0 Å². The van der Waals surface area contributed by atoms with Crippen molar-refractivity contribution >= 4 is 15.9 Å². The SMILES string of the molecule is NS(=O)(=O)c1ccc(C(=O)NC2CCOC2)c(F)c1. The third-order valence-electron chi connectivity index (χ3n) is 2.78. The van der Waals surface area contributed by atoms with Gasteiger partial charge in [-0.3, -0.25) is 4.79 Å². The van der Waals surface area contributed by atoms with E-state index in [2.05, 4.69) is 5.32 Å². The Hall–Kier alpha value is -1.51. The van der Waals surface area contributed by atoms with E-state index in [0.29, 0.717) is 19.6 Å². The zero-order valence-electron chi connectivity index (χ0n) is 9.93. The maximum atomic E-state index is 13.7. The van der Waals surface area contributed by atoms with Crippen molar-refractivity contribution in [3.05, 3.63) is 29.6 Å². The monoisotopic (exact) mass is 288 g/mol. The fraction of sp³-hybridized carbons (Fsp3) is 0.364. The first-order chi connectivity index (χ1) is 8.88. The summed E-state index contributed by atoms with van der Waals surface area (Å²) in [7, 11) is -3.98. The molecular weight excluding hydrogens is 275 g/mol. The van der Waals surface area contributed by atoms with Crippen molar-refractivity contribution in [3.63, 3.8) is 0 Å². The highest BCUT2D eigenvalue weighted by atomic mass is 32.2. The molecule has 1 aliphatic rings. The molecule has 6 nitrogen and oxygen atoms in total. The predicted octanol–water partition coefficient (Wildman–Crippen LogP) is -0.00820. The second-order valence-electron chi connectivity index (χ2n) is 4.22. The quantitative estimate of drug-likeness (QED) is 0.817. The van der Waals surface area contributed by atoms with Crippen molar-refractivity contribution in [3.8, 4) is 0 Å². The number of rotatable bonds is 3. The van der Waals surface area contributed by atoms with Crippen LogP contribution < -0.4 is 10.5 Å². The minimum Gasteiger partial charge on any atom is -0.379 e. The Balaban J connectivity index is 2.18. The smallest absolute Gasteiger partial charge is 0.254 e. The van der Waals surface area contributed by atoms with Gasteiger partial charge in [0.1, 0.15) is 5.82 Å². The zero-order valence-corrected chi connectivity index (χ0v) is 10.7. The van der Waals surface area contributed by atoms with E-state index in [9.17, 15) is 17.6 Å². The summed E-state index contributed by atoms with van der Waals surface area (Å²) in [5.74, 6) is -1.53. The summed E-state index contributed by atoms with van der Waals surface area (Å²) in [6.45, 7) is 0.945. The molecule has 1 aromatic carbocycles. The van der Waals surface area contributed by atoms with Gasteiger partial charge in [-0.05, 0) is 24.6 Å². The maximum absolute atomic E-state index is 13.7. The van der Waals surface area contributed by atoms with Gasteiger partial charge >= 0.3 is 0 Å². The van der Waals surface area contributed by atoms with E-state index in [0.717, 1.165) is 18.2 Å². The molecule has 1 aromatic rings. The number of carbonyl (C=O) groups excluding carboxylic acids is 1. The first-order valence-electron chi connectivity index (χ1n) is 5.59. The number of hydrogen-bond acceptors (Lipinski definition) is 4. The number of hydrogen-bond donors (Lipinski definition) is 2. The van der Waals surface area contributed by atoms with E-state index in [1.165, 1.54) is 0 Å². The number of halogens is 1. The lowest BCUT2D eigenvalue weighted by atomic mass is 10.1. The Labute approximate surface area is 109 Å². The van der Waals surface area contributed by atoms with Crippen LogP contribution in [-0.2, 0) is 14.8 Å². The van der Waals surface area contributed by atoms with Gasteiger partial charge in [0.05, 0.1) is 23.1 Å². The second kappa shape index (κ2) is 5.24. The number of ether oxygens (including phenoxy) is 1. The van der Waals surface area contributed by atoms with Crippen LogP contribution in [0.1, 0.15) is 16.8 Å². The summed E-state index contributed by atoms with van der Waals surface area (Å²) in [6, 6.07) is 2.78. The van der Waals surface area contributed by atoms with Gasteiger partial charge in [0, 0.05) is 6.61 Å². The molecule has 2 rings (SSSR count). The third kappa shape index (κ3) is 3.28. The van der Waals surface area contributed by atoms with Crippen LogP contribution in [-0.4, -0.2) is 33.6 Å². The number of carbonyl (C=O) groups is 1. The van der Waals surface area contributed by atoms with Crippen LogP contribution in [0.5, 0.6) is 0 Å². The largest absolute Gasteiger partial charge is 0.379 e. The molecule has 0 bridgehead atoms. The highest BCUT2D eigenvalue weighted by Gasteiger charge is 2.21. The number of primary sulfonamides is 1. The normalized spacial score (nSPS) is 19.4. The summed E-state index contributed by atoms with van der Waals surface area (Å²) in [5.41, 5.74) is -0.223. The molecule has 1 saturated heterocycles. The number of benzene rings is 1. The molecule has 0 saturated carbocycles. The minimum atomic E-state index is -3.98. The van der Waals surface area contributed by atoms with Crippen molar-refractivity contribution < 1.29 is 22.3 Å². The Kier molecular flexibility index (Phi) is 3.83. The number of nitrogens with two attached hydrogens (primary N) is 1. The molecule has 19 heavy (non-hydrogen) atoms. The summed E-state index contributed by atoms with van der Waals surface area (Å²) >= 11 is 0. The number of sulfonamides is 1. The molecule has 1 atom stereocenters. The molecule has 8 heteroatoms. The molecule has 1 heterocycles. The topological polar surface area (TPSA) is 98.5 Å². The first kappa shape index (κ1) is 13.9. The molecule has 0 radical (unpaired) electrons. The van der Waals surface area contributed by atoms with Gasteiger partial charge in [-0.15, -0.1) is 0 Å². The van der Waals surface area contributed by atoms with Crippen molar-refractivity contribution in [2.24, 2.45) is 5.14 Å². The Morgan fingerprint density at radius 2 is 2.21 bits per heavy atom. The van der Waals surface area contributed by atoms with E-state index >= 15 is 0 Å². The van der Waals surface area contributed by atoms with Crippen molar-refractivity contribution in [1.29, 1.82) is 0 Å². The van der Waals surface area contributed by atoms with Gasteiger partial charge in [0.15, 0.2) is 0 Å². The Morgan fingerprint density at radius 1 is 1.47 bits per heavy atom.